The molecule has 24 nitrogen and oxygen atoms in total. The molecule has 6 saturated heterocycles. The number of methoxy groups -OCH3 is 1. The molecule has 0 spiro atoms. The van der Waals surface area contributed by atoms with E-state index in [1.807, 2.05) is 234 Å². The third-order valence-corrected chi connectivity index (χ3v) is 27.7. The standard InChI is InChI=1S/C34H43BN2O5.C23H25BN2O3.C18H21BO4.C17H19BO4.C17H26N2O2/c1-32(2,3)40-31(39)36-22-23-10-8-11-25(20-23)24-16-18-37(19-17-24)30(38)29-13-9-12-26-21-27(14-15-28(26)29)35-41-33(4,5)34(6,7)42-35;25-15-16-3-1-4-18(13-16)17-9-11-26(12-10-17)23(27)22-6-2-5-19-14-20(24(28)29)7-8-21(19)22;1-17(2)18(3,4)23-19(22-17)13-9-10-14-12(11-13)7-6-8-15(14)16(20)21-5;1-16(2)17(3,4)22-18(21-16)12-8-9-13-11(10-12)6-5-7-14(13)15(19)20;1-17(2,3)21-16(20)19-12-13-5-4-6-15(11-13)14-7-9-18-10-8-14/h8-15,20-21,24H,16-19,22H2,1-7H3,(H,36,39);1-8,13-14,17,28-29H,9-12,15,25H2;6-11H,1-5H3;5-10H,1-4H3,(H,19,20);4-6,11,14,18H,7-10,12H2,1-3H3,(H,19,20). The van der Waals surface area contributed by atoms with Crippen molar-refractivity contribution >= 4 is 129 Å². The van der Waals surface area contributed by atoms with Gasteiger partial charge in [-0.3, -0.25) is 9.59 Å². The lowest BCUT2D eigenvalue weighted by atomic mass is 9.78. The van der Waals surface area contributed by atoms with Gasteiger partial charge >= 0.3 is 52.6 Å². The van der Waals surface area contributed by atoms with Crippen LogP contribution in [0.1, 0.15) is 256 Å². The summed E-state index contributed by atoms with van der Waals surface area (Å²) in [6.07, 6.45) is 5.24. The van der Waals surface area contributed by atoms with Gasteiger partial charge in [0.2, 0.25) is 0 Å². The number of carboxylic acid groups (broad SMARTS) is 1. The minimum atomic E-state index is -1.52. The molecule has 0 atom stereocenters. The number of carbonyl (C=O) groups excluding carboxylic acids is 5. The molecular weight excluding hydrogens is 1720 g/mol. The molecule has 17 rings (SSSR count). The number of nitrogens with zero attached hydrogens (tertiary/aromatic N) is 2. The highest BCUT2D eigenvalue weighted by atomic mass is 16.7. The number of esters is 1. The number of nitrogens with two attached hydrogens (primary N) is 1. The maximum atomic E-state index is 13.7. The first-order valence-corrected chi connectivity index (χ1v) is 47.7. The zero-order valence-electron chi connectivity index (χ0n) is 82.9. The predicted molar refractivity (Wildman–Crippen MR) is 545 cm³/mol. The van der Waals surface area contributed by atoms with Crippen molar-refractivity contribution in [1.82, 2.24) is 25.8 Å². The van der Waals surface area contributed by atoms with Gasteiger partial charge in [0.25, 0.3) is 11.8 Å². The summed E-state index contributed by atoms with van der Waals surface area (Å²) in [6, 6.07) is 70.4. The molecule has 6 heterocycles. The number of amides is 4. The maximum absolute atomic E-state index is 13.7. The summed E-state index contributed by atoms with van der Waals surface area (Å²) in [7, 11) is -1.42. The minimum Gasteiger partial charge on any atom is -0.478 e. The van der Waals surface area contributed by atoms with Gasteiger partial charge in [-0.05, 0) is 317 Å². The number of piperidine rings is 3. The van der Waals surface area contributed by atoms with Crippen molar-refractivity contribution in [2.45, 2.75) is 245 Å². The van der Waals surface area contributed by atoms with Crippen molar-refractivity contribution < 1.29 is 86.1 Å². The number of likely N-dealkylation sites (tertiary alicyclic amines) is 2. The normalized spacial score (nSPS) is 17.8. The first-order chi connectivity index (χ1) is 64.7. The number of carboxylic acids is 1. The Hall–Kier alpha value is -11.3. The van der Waals surface area contributed by atoms with Crippen molar-refractivity contribution in [3.05, 3.63) is 274 Å². The van der Waals surface area contributed by atoms with Gasteiger partial charge in [-0.2, -0.15) is 0 Å². The monoisotopic (exact) mass is 1860 g/mol. The molecule has 137 heavy (non-hydrogen) atoms. The Bertz CT molecular complexity index is 6120. The molecule has 720 valence electrons. The summed E-state index contributed by atoms with van der Waals surface area (Å²) in [6.45, 7) is 42.0. The lowest BCUT2D eigenvalue weighted by molar-refractivity contribution is 0.00578. The Morgan fingerprint density at radius 2 is 0.715 bits per heavy atom. The highest BCUT2D eigenvalue weighted by molar-refractivity contribution is 6.63. The van der Waals surface area contributed by atoms with Gasteiger partial charge in [-0.1, -0.05) is 194 Å². The van der Waals surface area contributed by atoms with Crippen molar-refractivity contribution in [2.75, 3.05) is 46.4 Å². The fourth-order valence-corrected chi connectivity index (χ4v) is 17.8. The number of benzene rings is 11. The van der Waals surface area contributed by atoms with Crippen LogP contribution in [0.2, 0.25) is 0 Å². The van der Waals surface area contributed by atoms with Gasteiger partial charge in [-0.25, -0.2) is 19.2 Å². The van der Waals surface area contributed by atoms with E-state index in [4.69, 9.17) is 47.9 Å². The fraction of sp³-hybridized carbons (Fsp3) is 0.413. The molecule has 8 N–H and O–H groups in total. The van der Waals surface area contributed by atoms with Gasteiger partial charge in [-0.15, -0.1) is 0 Å². The number of rotatable bonds is 16. The Balaban J connectivity index is 0.000000149. The molecular formula is C109H134B4N6O18. The van der Waals surface area contributed by atoms with Crippen LogP contribution in [-0.4, -0.2) is 181 Å². The van der Waals surface area contributed by atoms with Crippen molar-refractivity contribution in [2.24, 2.45) is 5.73 Å². The zero-order chi connectivity index (χ0) is 98.9. The zero-order valence-corrected chi connectivity index (χ0v) is 82.9. The summed E-state index contributed by atoms with van der Waals surface area (Å²) in [5.74, 6) is 0.290. The largest absolute Gasteiger partial charge is 0.494 e. The van der Waals surface area contributed by atoms with E-state index in [2.05, 4.69) is 98.2 Å². The number of nitrogens with one attached hydrogen (secondary N) is 3. The number of aromatic carboxylic acids is 1. The Kier molecular flexibility index (Phi) is 32.4. The molecule has 0 aromatic heterocycles. The number of hydrogen-bond donors (Lipinski definition) is 7. The van der Waals surface area contributed by atoms with Gasteiger partial charge in [0.05, 0.1) is 51.8 Å². The predicted octanol–water partition coefficient (Wildman–Crippen LogP) is 17.1. The number of hydrogen-bond acceptors (Lipinski definition) is 19. The third-order valence-electron chi connectivity index (χ3n) is 27.7. The molecule has 6 fully saturated rings. The average molecular weight is 1860 g/mol. The van der Waals surface area contributed by atoms with Gasteiger partial charge in [0.15, 0.2) is 0 Å². The average Bonchev–Trinajstić information content (AvgIpc) is 1.60. The molecule has 0 saturated carbocycles. The van der Waals surface area contributed by atoms with Crippen LogP contribution in [0, 0.1) is 0 Å². The second-order valence-electron chi connectivity index (χ2n) is 41.4. The van der Waals surface area contributed by atoms with Crippen molar-refractivity contribution in [3.8, 4) is 0 Å². The number of ether oxygens (including phenoxy) is 3. The maximum Gasteiger partial charge on any atom is 0.494 e. The topological polar surface area (TPSA) is 315 Å². The van der Waals surface area contributed by atoms with Gasteiger partial charge < -0.3 is 88.8 Å². The van der Waals surface area contributed by atoms with Crippen LogP contribution in [0.15, 0.2) is 218 Å². The molecule has 4 amide bonds. The Morgan fingerprint density at radius 1 is 0.409 bits per heavy atom. The summed E-state index contributed by atoms with van der Waals surface area (Å²) in [4.78, 5) is 77.7. The molecule has 0 aliphatic carbocycles. The summed E-state index contributed by atoms with van der Waals surface area (Å²) < 4.78 is 52.2. The first-order valence-electron chi connectivity index (χ1n) is 47.7. The van der Waals surface area contributed by atoms with Crippen LogP contribution in [0.25, 0.3) is 43.1 Å². The van der Waals surface area contributed by atoms with Gasteiger partial charge in [0.1, 0.15) is 11.2 Å². The van der Waals surface area contributed by atoms with Crippen LogP contribution in [-0.2, 0) is 61.8 Å². The van der Waals surface area contributed by atoms with Crippen LogP contribution < -0.4 is 43.5 Å². The second kappa shape index (κ2) is 43.0. The summed E-state index contributed by atoms with van der Waals surface area (Å²) in [5.41, 5.74) is 15.1. The molecule has 11 aromatic carbocycles. The molecule has 6 aliphatic heterocycles. The number of fused-ring (bicyclic) bond motifs is 4. The molecule has 28 heteroatoms. The van der Waals surface area contributed by atoms with Crippen LogP contribution in [0.5, 0.6) is 0 Å². The Morgan fingerprint density at radius 3 is 1.06 bits per heavy atom. The lowest BCUT2D eigenvalue weighted by Crippen LogP contribution is -2.41. The van der Waals surface area contributed by atoms with Crippen molar-refractivity contribution in [1.29, 1.82) is 0 Å². The highest BCUT2D eigenvalue weighted by Crippen LogP contribution is 2.41. The highest BCUT2D eigenvalue weighted by Gasteiger charge is 2.54. The van der Waals surface area contributed by atoms with E-state index in [1.54, 1.807) is 36.4 Å². The Labute approximate surface area is 808 Å². The second-order valence-corrected chi connectivity index (χ2v) is 41.4. The van der Waals surface area contributed by atoms with E-state index < -0.39 is 74.1 Å². The molecule has 0 unspecified atom stereocenters. The number of carbonyl (C=O) groups is 6. The van der Waals surface area contributed by atoms with E-state index in [1.165, 1.54) is 36.6 Å². The van der Waals surface area contributed by atoms with Crippen molar-refractivity contribution in [3.63, 3.8) is 0 Å². The summed E-state index contributed by atoms with van der Waals surface area (Å²) >= 11 is 0. The summed E-state index contributed by atoms with van der Waals surface area (Å²) in [5, 5.41) is 44.1. The first kappa shape index (κ1) is 103. The van der Waals surface area contributed by atoms with E-state index in [9.17, 15) is 43.9 Å². The quantitative estimate of drug-likeness (QED) is 0.0268. The smallest absolute Gasteiger partial charge is 0.478 e. The molecule has 0 bridgehead atoms. The van der Waals surface area contributed by atoms with E-state index >= 15 is 0 Å². The van der Waals surface area contributed by atoms with E-state index in [0.717, 1.165) is 134 Å². The minimum absolute atomic E-state index is 0.0297. The van der Waals surface area contributed by atoms with Crippen LogP contribution >= 0.6 is 0 Å². The fourth-order valence-electron chi connectivity index (χ4n) is 17.8. The number of alkyl carbamates (subject to hydrolysis) is 2. The molecule has 6 aliphatic rings. The van der Waals surface area contributed by atoms with Gasteiger partial charge in [0, 0.05) is 56.9 Å². The van der Waals surface area contributed by atoms with Crippen LogP contribution in [0.3, 0.4) is 0 Å². The molecule has 11 aromatic rings. The third kappa shape index (κ3) is 25.4. The lowest BCUT2D eigenvalue weighted by Gasteiger charge is -2.32. The van der Waals surface area contributed by atoms with Crippen LogP contribution in [0.4, 0.5) is 9.59 Å². The molecule has 0 radical (unpaired) electrons. The van der Waals surface area contributed by atoms with E-state index in [0.29, 0.717) is 72.6 Å². The SMILES string of the molecule is CC(C)(C)OC(=O)NCc1cccc(C2CCN(C(=O)c3cccc4cc(B5OC(C)(C)C(C)(C)O5)ccc34)CC2)c1.CC(C)(C)OC(=O)NCc1cccc(C2CCNCC2)c1.CC1(C)OB(c2ccc3c(C(=O)O)cccc3c2)OC1(C)C.COC(=O)c1cccc2cc(B3OC(C)(C)C(C)(C)O3)ccc12.NCc1cccc(C2CCN(C(=O)c3cccc4cc(B(O)O)ccc34)CC2)c1. The van der Waals surface area contributed by atoms with E-state index in [-0.39, 0.29) is 35.1 Å².